The molecule has 0 fully saturated rings. The number of pyridine rings is 1. The third-order valence-corrected chi connectivity index (χ3v) is 1.91. The highest BCUT2D eigenvalue weighted by atomic mass is 16.4. The maximum atomic E-state index is 10.5. The molecule has 0 aliphatic heterocycles. The fraction of sp³-hybridized carbons (Fsp3) is 0. The van der Waals surface area contributed by atoms with Crippen molar-refractivity contribution in [1.82, 2.24) is 9.38 Å². The van der Waals surface area contributed by atoms with Crippen LogP contribution in [-0.4, -0.2) is 26.7 Å². The molecule has 1 N–H and O–H groups in total. The SMILES string of the molecule is O=Cc1cn2ccc(C#CC(=O)O)cc2n1. The van der Waals surface area contributed by atoms with E-state index in [0.717, 1.165) is 0 Å². The number of carboxylic acids is 1. The monoisotopic (exact) mass is 214 g/mol. The molecular formula is C11H6N2O3. The maximum absolute atomic E-state index is 10.5. The third kappa shape index (κ3) is 1.91. The van der Waals surface area contributed by atoms with E-state index in [1.54, 1.807) is 28.9 Å². The Morgan fingerprint density at radius 1 is 1.56 bits per heavy atom. The number of aliphatic carboxylic acids is 1. The number of carbonyl (C=O) groups is 2. The second kappa shape index (κ2) is 3.87. The highest BCUT2D eigenvalue weighted by Gasteiger charge is 2.00. The van der Waals surface area contributed by atoms with Gasteiger partial charge in [0.15, 0.2) is 6.29 Å². The van der Waals surface area contributed by atoms with Crippen molar-refractivity contribution < 1.29 is 14.7 Å². The first kappa shape index (κ1) is 9.93. The van der Waals surface area contributed by atoms with Crippen molar-refractivity contribution >= 4 is 17.9 Å². The summed E-state index contributed by atoms with van der Waals surface area (Å²) in [7, 11) is 0. The molecule has 16 heavy (non-hydrogen) atoms. The molecule has 5 nitrogen and oxygen atoms in total. The first-order valence-corrected chi connectivity index (χ1v) is 4.38. The van der Waals surface area contributed by atoms with Crippen molar-refractivity contribution in [3.05, 3.63) is 35.8 Å². The predicted molar refractivity (Wildman–Crippen MR) is 55.1 cm³/mol. The lowest BCUT2D eigenvalue weighted by Gasteiger charge is -1.92. The summed E-state index contributed by atoms with van der Waals surface area (Å²) >= 11 is 0. The molecule has 0 aromatic carbocycles. The fourth-order valence-electron chi connectivity index (χ4n) is 1.26. The number of rotatable bonds is 1. The van der Waals surface area contributed by atoms with Crippen LogP contribution in [0.5, 0.6) is 0 Å². The highest BCUT2D eigenvalue weighted by Crippen LogP contribution is 2.06. The van der Waals surface area contributed by atoms with Crippen LogP contribution in [0.15, 0.2) is 24.5 Å². The van der Waals surface area contributed by atoms with Gasteiger partial charge in [-0.05, 0) is 12.1 Å². The number of aldehydes is 1. The summed E-state index contributed by atoms with van der Waals surface area (Å²) in [5.41, 5.74) is 1.42. The van der Waals surface area contributed by atoms with Crippen molar-refractivity contribution in [3.63, 3.8) is 0 Å². The van der Waals surface area contributed by atoms with Crippen LogP contribution in [0.25, 0.3) is 5.65 Å². The largest absolute Gasteiger partial charge is 0.472 e. The normalized spacial score (nSPS) is 9.50. The zero-order chi connectivity index (χ0) is 11.5. The van der Waals surface area contributed by atoms with E-state index in [1.165, 1.54) is 0 Å². The van der Waals surface area contributed by atoms with E-state index >= 15 is 0 Å². The zero-order valence-electron chi connectivity index (χ0n) is 8.04. The first-order chi connectivity index (χ1) is 7.69. The molecule has 2 aromatic rings. The van der Waals surface area contributed by atoms with Gasteiger partial charge in [-0.3, -0.25) is 4.79 Å². The molecule has 0 bridgehead atoms. The van der Waals surface area contributed by atoms with Gasteiger partial charge < -0.3 is 9.51 Å². The Balaban J connectivity index is 2.48. The van der Waals surface area contributed by atoms with Crippen LogP contribution < -0.4 is 0 Å². The zero-order valence-corrected chi connectivity index (χ0v) is 8.04. The average Bonchev–Trinajstić information content (AvgIpc) is 2.68. The summed E-state index contributed by atoms with van der Waals surface area (Å²) in [5, 5.41) is 8.39. The minimum absolute atomic E-state index is 0.323. The smallest absolute Gasteiger partial charge is 0.382 e. The molecule has 2 rings (SSSR count). The number of hydrogen-bond acceptors (Lipinski definition) is 3. The van der Waals surface area contributed by atoms with Crippen LogP contribution in [0.2, 0.25) is 0 Å². The van der Waals surface area contributed by atoms with Crippen LogP contribution in [0.3, 0.4) is 0 Å². The Bertz CT molecular complexity index is 631. The van der Waals surface area contributed by atoms with Gasteiger partial charge >= 0.3 is 5.97 Å². The summed E-state index contributed by atoms with van der Waals surface area (Å²) in [6, 6.07) is 3.27. The van der Waals surface area contributed by atoms with E-state index in [1.807, 2.05) is 5.92 Å². The van der Waals surface area contributed by atoms with Gasteiger partial charge in [0.2, 0.25) is 0 Å². The van der Waals surface area contributed by atoms with Gasteiger partial charge in [-0.25, -0.2) is 9.78 Å². The lowest BCUT2D eigenvalue weighted by molar-refractivity contribution is -0.130. The van der Waals surface area contributed by atoms with Gasteiger partial charge in [-0.1, -0.05) is 5.92 Å². The molecule has 0 atom stereocenters. The van der Waals surface area contributed by atoms with Crippen molar-refractivity contribution in [2.45, 2.75) is 0 Å². The van der Waals surface area contributed by atoms with Crippen molar-refractivity contribution in [3.8, 4) is 11.8 Å². The van der Waals surface area contributed by atoms with Gasteiger partial charge in [0.05, 0.1) is 0 Å². The van der Waals surface area contributed by atoms with E-state index in [4.69, 9.17) is 5.11 Å². The molecule has 0 unspecified atom stereocenters. The van der Waals surface area contributed by atoms with Crippen LogP contribution in [0.4, 0.5) is 0 Å². The Labute approximate surface area is 90.3 Å². The van der Waals surface area contributed by atoms with Gasteiger partial charge in [-0.15, -0.1) is 0 Å². The van der Waals surface area contributed by atoms with Crippen molar-refractivity contribution in [2.75, 3.05) is 0 Å². The summed E-state index contributed by atoms with van der Waals surface area (Å²) in [6.07, 6.45) is 3.90. The molecule has 0 aliphatic rings. The van der Waals surface area contributed by atoms with E-state index < -0.39 is 5.97 Å². The fourth-order valence-corrected chi connectivity index (χ4v) is 1.26. The van der Waals surface area contributed by atoms with E-state index in [2.05, 4.69) is 10.9 Å². The molecule has 0 radical (unpaired) electrons. The summed E-state index contributed by atoms with van der Waals surface area (Å²) in [5.74, 6) is 3.30. The summed E-state index contributed by atoms with van der Waals surface area (Å²) in [4.78, 5) is 24.7. The van der Waals surface area contributed by atoms with Gasteiger partial charge in [0, 0.05) is 23.9 Å². The second-order valence-corrected chi connectivity index (χ2v) is 3.02. The molecule has 0 saturated carbocycles. The molecule has 2 heterocycles. The summed E-state index contributed by atoms with van der Waals surface area (Å²) in [6.45, 7) is 0. The lowest BCUT2D eigenvalue weighted by Crippen LogP contribution is -1.88. The molecule has 0 aliphatic carbocycles. The second-order valence-electron chi connectivity index (χ2n) is 3.02. The molecule has 5 heteroatoms. The van der Waals surface area contributed by atoms with E-state index in [0.29, 0.717) is 23.2 Å². The van der Waals surface area contributed by atoms with E-state index in [9.17, 15) is 9.59 Å². The van der Waals surface area contributed by atoms with Crippen LogP contribution in [0, 0.1) is 11.8 Å². The lowest BCUT2D eigenvalue weighted by atomic mass is 10.2. The molecular weight excluding hydrogens is 208 g/mol. The first-order valence-electron chi connectivity index (χ1n) is 4.38. The number of carboxylic acid groups (broad SMARTS) is 1. The van der Waals surface area contributed by atoms with Crippen LogP contribution in [0.1, 0.15) is 16.1 Å². The highest BCUT2D eigenvalue weighted by molar-refractivity contribution is 5.87. The van der Waals surface area contributed by atoms with Gasteiger partial charge in [-0.2, -0.15) is 0 Å². The molecule has 0 saturated heterocycles. The predicted octanol–water partition coefficient (Wildman–Crippen LogP) is 0.583. The molecule has 78 valence electrons. The Kier molecular flexibility index (Phi) is 2.40. The third-order valence-electron chi connectivity index (χ3n) is 1.91. The standard InChI is InChI=1S/C11H6N2O3/c14-7-9-6-13-4-3-8(1-2-11(15)16)5-10(13)12-9/h3-7H,(H,15,16). The number of nitrogens with zero attached hydrogens (tertiary/aromatic N) is 2. The van der Waals surface area contributed by atoms with Crippen molar-refractivity contribution in [1.29, 1.82) is 0 Å². The summed E-state index contributed by atoms with van der Waals surface area (Å²) < 4.78 is 1.66. The molecule has 2 aromatic heterocycles. The Hall–Kier alpha value is -2.61. The van der Waals surface area contributed by atoms with Crippen molar-refractivity contribution in [2.24, 2.45) is 0 Å². The van der Waals surface area contributed by atoms with Crippen LogP contribution >= 0.6 is 0 Å². The topological polar surface area (TPSA) is 71.7 Å². The number of carbonyl (C=O) groups excluding carboxylic acids is 1. The number of hydrogen-bond donors (Lipinski definition) is 1. The molecule has 0 amide bonds. The van der Waals surface area contributed by atoms with E-state index in [-0.39, 0.29) is 0 Å². The minimum Gasteiger partial charge on any atom is -0.472 e. The minimum atomic E-state index is -1.18. The quantitative estimate of drug-likeness (QED) is 0.556. The van der Waals surface area contributed by atoms with Crippen LogP contribution in [-0.2, 0) is 4.79 Å². The van der Waals surface area contributed by atoms with Gasteiger partial charge in [0.25, 0.3) is 0 Å². The average molecular weight is 214 g/mol. The Morgan fingerprint density at radius 2 is 2.38 bits per heavy atom. The number of aromatic nitrogens is 2. The molecule has 0 spiro atoms. The Morgan fingerprint density at radius 3 is 3.06 bits per heavy atom. The van der Waals surface area contributed by atoms with Gasteiger partial charge in [0.1, 0.15) is 11.3 Å². The maximum Gasteiger partial charge on any atom is 0.382 e. The number of imidazole rings is 1. The number of fused-ring (bicyclic) bond motifs is 1.